The zero-order chi connectivity index (χ0) is 19.3. The minimum Gasteiger partial charge on any atom is -0.343 e. The van der Waals surface area contributed by atoms with Gasteiger partial charge >= 0.3 is 0 Å². The molecule has 0 saturated heterocycles. The number of rotatable bonds is 6. The van der Waals surface area contributed by atoms with Crippen molar-refractivity contribution in [2.24, 2.45) is 11.8 Å². The highest BCUT2D eigenvalue weighted by Gasteiger charge is 2.31. The number of aryl methyl sites for hydroxylation is 1. The molecule has 0 radical (unpaired) electrons. The lowest BCUT2D eigenvalue weighted by Crippen LogP contribution is -2.38. The average molecular weight is 359 g/mol. The highest BCUT2D eigenvalue weighted by atomic mass is 16.2. The van der Waals surface area contributed by atoms with Crippen LogP contribution in [0.3, 0.4) is 0 Å². The van der Waals surface area contributed by atoms with Gasteiger partial charge in [-0.2, -0.15) is 0 Å². The van der Waals surface area contributed by atoms with Gasteiger partial charge in [0.1, 0.15) is 0 Å². The number of nitrogens with zero attached hydrogens (tertiary/aromatic N) is 1. The quantitative estimate of drug-likeness (QED) is 0.799. The Bertz CT molecular complexity index is 627. The third-order valence-corrected chi connectivity index (χ3v) is 5.70. The lowest BCUT2D eigenvalue weighted by molar-refractivity contribution is -0.137. The third kappa shape index (κ3) is 4.66. The van der Waals surface area contributed by atoms with E-state index < -0.39 is 0 Å². The van der Waals surface area contributed by atoms with Gasteiger partial charge in [-0.3, -0.25) is 9.59 Å². The molecule has 1 fully saturated rings. The summed E-state index contributed by atoms with van der Waals surface area (Å²) in [6, 6.07) is 6.18. The summed E-state index contributed by atoms with van der Waals surface area (Å²) < 4.78 is 0. The molecule has 0 aromatic heterocycles. The number of hydrogen-bond donors (Lipinski definition) is 1. The van der Waals surface area contributed by atoms with Crippen LogP contribution in [0.5, 0.6) is 0 Å². The number of carbonyl (C=O) groups excluding carboxylic acids is 2. The molecule has 0 atom stereocenters. The van der Waals surface area contributed by atoms with E-state index in [1.807, 2.05) is 37.8 Å². The van der Waals surface area contributed by atoms with E-state index in [-0.39, 0.29) is 23.7 Å². The summed E-state index contributed by atoms with van der Waals surface area (Å²) in [5, 5.41) is 3.18. The molecule has 0 aliphatic heterocycles. The molecule has 1 aliphatic carbocycles. The Hall–Kier alpha value is -1.84. The minimum atomic E-state index is 0.00960. The molecule has 0 heterocycles. The molecule has 4 heteroatoms. The first-order chi connectivity index (χ1) is 12.4. The van der Waals surface area contributed by atoms with Gasteiger partial charge in [-0.1, -0.05) is 32.0 Å². The van der Waals surface area contributed by atoms with Crippen LogP contribution in [-0.4, -0.2) is 29.8 Å². The van der Waals surface area contributed by atoms with Gasteiger partial charge < -0.3 is 10.2 Å². The van der Waals surface area contributed by atoms with Crippen LogP contribution in [0.2, 0.25) is 0 Å². The molecule has 144 valence electrons. The number of benzene rings is 1. The van der Waals surface area contributed by atoms with Gasteiger partial charge in [-0.25, -0.2) is 0 Å². The molecule has 1 aliphatic rings. The molecule has 4 nitrogen and oxygen atoms in total. The summed E-state index contributed by atoms with van der Waals surface area (Å²) in [5.74, 6) is 0.830. The summed E-state index contributed by atoms with van der Waals surface area (Å²) in [4.78, 5) is 27.2. The summed E-state index contributed by atoms with van der Waals surface area (Å²) in [6.45, 7) is 11.9. The topological polar surface area (TPSA) is 49.4 Å². The summed E-state index contributed by atoms with van der Waals surface area (Å²) in [6.07, 6.45) is 3.23. The summed E-state index contributed by atoms with van der Waals surface area (Å²) in [7, 11) is 0. The van der Waals surface area contributed by atoms with Gasteiger partial charge in [-0.15, -0.1) is 0 Å². The van der Waals surface area contributed by atoms with E-state index in [0.717, 1.165) is 50.0 Å². The molecule has 2 rings (SSSR count). The molecule has 1 N–H and O–H groups in total. The maximum Gasteiger partial charge on any atom is 0.227 e. The van der Waals surface area contributed by atoms with Crippen LogP contribution >= 0.6 is 0 Å². The summed E-state index contributed by atoms with van der Waals surface area (Å²) in [5.41, 5.74) is 3.26. The lowest BCUT2D eigenvalue weighted by Gasteiger charge is -2.31. The van der Waals surface area contributed by atoms with Gasteiger partial charge in [0.15, 0.2) is 0 Å². The van der Waals surface area contributed by atoms with Crippen molar-refractivity contribution in [1.82, 2.24) is 4.90 Å². The standard InChI is InChI=1S/C22H34N2O2/c1-6-24(7-2)22(26)18-13-11-17(12-14-18)21(25)23-20-16(5)9-8-10-19(20)15(3)4/h8-10,15,17-18H,6-7,11-14H2,1-5H3,(H,23,25). The monoisotopic (exact) mass is 358 g/mol. The van der Waals surface area contributed by atoms with Crippen molar-refractivity contribution < 1.29 is 9.59 Å². The second-order valence-electron chi connectivity index (χ2n) is 7.74. The second-order valence-corrected chi connectivity index (χ2v) is 7.74. The van der Waals surface area contributed by atoms with Gasteiger partial charge in [0.2, 0.25) is 11.8 Å². The van der Waals surface area contributed by atoms with Crippen molar-refractivity contribution in [3.05, 3.63) is 29.3 Å². The van der Waals surface area contributed by atoms with E-state index >= 15 is 0 Å². The first-order valence-corrected chi connectivity index (χ1v) is 10.1. The van der Waals surface area contributed by atoms with E-state index in [9.17, 15) is 9.59 Å². The van der Waals surface area contributed by atoms with Crippen LogP contribution in [-0.2, 0) is 9.59 Å². The maximum atomic E-state index is 12.8. The predicted molar refractivity (Wildman–Crippen MR) is 107 cm³/mol. The molecule has 0 bridgehead atoms. The number of hydrogen-bond acceptors (Lipinski definition) is 2. The lowest BCUT2D eigenvalue weighted by atomic mass is 9.80. The number of para-hydroxylation sites is 1. The normalized spacial score (nSPS) is 20.1. The number of carbonyl (C=O) groups is 2. The Balaban J connectivity index is 1.99. The Morgan fingerprint density at radius 2 is 1.65 bits per heavy atom. The highest BCUT2D eigenvalue weighted by molar-refractivity contribution is 5.94. The van der Waals surface area contributed by atoms with Crippen LogP contribution in [0.4, 0.5) is 5.69 Å². The SMILES string of the molecule is CCN(CC)C(=O)C1CCC(C(=O)Nc2c(C)cccc2C(C)C)CC1. The van der Waals surface area contributed by atoms with E-state index in [2.05, 4.69) is 25.2 Å². The van der Waals surface area contributed by atoms with Gasteiger partial charge in [-0.05, 0) is 63.5 Å². The van der Waals surface area contributed by atoms with Gasteiger partial charge in [0.05, 0.1) is 0 Å². The third-order valence-electron chi connectivity index (χ3n) is 5.70. The minimum absolute atomic E-state index is 0.00960. The van der Waals surface area contributed by atoms with Crippen LogP contribution in [0, 0.1) is 18.8 Å². The van der Waals surface area contributed by atoms with Crippen molar-refractivity contribution in [2.45, 2.75) is 66.2 Å². The second kappa shape index (κ2) is 9.20. The van der Waals surface area contributed by atoms with Crippen LogP contribution < -0.4 is 5.32 Å². The van der Waals surface area contributed by atoms with Gasteiger partial charge in [0, 0.05) is 30.6 Å². The maximum absolute atomic E-state index is 12.8. The van der Waals surface area contributed by atoms with Crippen LogP contribution in [0.25, 0.3) is 0 Å². The fourth-order valence-electron chi connectivity index (χ4n) is 3.96. The van der Waals surface area contributed by atoms with Gasteiger partial charge in [0.25, 0.3) is 0 Å². The molecule has 0 unspecified atom stereocenters. The molecule has 2 amide bonds. The summed E-state index contributed by atoms with van der Waals surface area (Å²) >= 11 is 0. The smallest absolute Gasteiger partial charge is 0.227 e. The number of amides is 2. The zero-order valence-electron chi connectivity index (χ0n) is 17.0. The zero-order valence-corrected chi connectivity index (χ0v) is 17.0. The number of anilines is 1. The Labute approximate surface area is 158 Å². The van der Waals surface area contributed by atoms with Crippen molar-refractivity contribution in [3.8, 4) is 0 Å². The molecular weight excluding hydrogens is 324 g/mol. The van der Waals surface area contributed by atoms with Crippen molar-refractivity contribution >= 4 is 17.5 Å². The molecule has 1 saturated carbocycles. The van der Waals surface area contributed by atoms with E-state index in [1.165, 1.54) is 5.56 Å². The Morgan fingerprint density at radius 3 is 2.19 bits per heavy atom. The molecular formula is C22H34N2O2. The van der Waals surface area contributed by atoms with E-state index in [1.54, 1.807) is 0 Å². The van der Waals surface area contributed by atoms with Crippen molar-refractivity contribution in [1.29, 1.82) is 0 Å². The Morgan fingerprint density at radius 1 is 1.08 bits per heavy atom. The van der Waals surface area contributed by atoms with E-state index in [0.29, 0.717) is 5.92 Å². The predicted octanol–water partition coefficient (Wildman–Crippen LogP) is 4.73. The first kappa shape index (κ1) is 20.5. The Kier molecular flexibility index (Phi) is 7.24. The first-order valence-electron chi connectivity index (χ1n) is 10.1. The van der Waals surface area contributed by atoms with Crippen LogP contribution in [0.1, 0.15) is 70.4 Å². The average Bonchev–Trinajstić information content (AvgIpc) is 2.64. The largest absolute Gasteiger partial charge is 0.343 e. The molecule has 0 spiro atoms. The number of nitrogens with one attached hydrogen (secondary N) is 1. The molecule has 26 heavy (non-hydrogen) atoms. The fraction of sp³-hybridized carbons (Fsp3) is 0.636. The van der Waals surface area contributed by atoms with Crippen molar-refractivity contribution in [2.75, 3.05) is 18.4 Å². The highest BCUT2D eigenvalue weighted by Crippen LogP contribution is 2.33. The van der Waals surface area contributed by atoms with Crippen molar-refractivity contribution in [3.63, 3.8) is 0 Å². The van der Waals surface area contributed by atoms with Crippen LogP contribution in [0.15, 0.2) is 18.2 Å². The fourth-order valence-corrected chi connectivity index (χ4v) is 3.96. The molecule has 1 aromatic rings. The molecule has 1 aromatic carbocycles. The van der Waals surface area contributed by atoms with E-state index in [4.69, 9.17) is 0 Å².